The maximum absolute atomic E-state index is 12.4. The summed E-state index contributed by atoms with van der Waals surface area (Å²) in [7, 11) is 0. The highest BCUT2D eigenvalue weighted by Crippen LogP contribution is 2.29. The minimum absolute atomic E-state index is 0.0895. The average Bonchev–Trinajstić information content (AvgIpc) is 3.12. The van der Waals surface area contributed by atoms with Crippen LogP contribution in [0.25, 0.3) is 0 Å². The standard InChI is InChI=1S/C21H17BrCl3N3O5/c1-10-4-13(22)15(24)7-17(10)26-18(29)9-33-21(32)12-6-19(30)28(8-12)27-20(31)11-2-3-14(23)16(25)5-11/h2-5,7,12H,6,8-9H2,1H3,(H,26,29)(H,27,31)/t12-/m0/s1. The highest BCUT2D eigenvalue weighted by Gasteiger charge is 2.36. The number of benzene rings is 2. The Morgan fingerprint density at radius 2 is 1.85 bits per heavy atom. The lowest BCUT2D eigenvalue weighted by Crippen LogP contribution is -2.43. The SMILES string of the molecule is Cc1cc(Br)c(Cl)cc1NC(=O)COC(=O)[C@H]1CC(=O)N(NC(=O)c2ccc(Cl)c(Cl)c2)C1. The van der Waals surface area contributed by atoms with Gasteiger partial charge in [-0.1, -0.05) is 34.8 Å². The van der Waals surface area contributed by atoms with Crippen molar-refractivity contribution in [3.63, 3.8) is 0 Å². The van der Waals surface area contributed by atoms with Crippen molar-refractivity contribution in [1.82, 2.24) is 10.4 Å². The van der Waals surface area contributed by atoms with Gasteiger partial charge in [-0.3, -0.25) is 29.6 Å². The van der Waals surface area contributed by atoms with E-state index in [4.69, 9.17) is 39.5 Å². The minimum Gasteiger partial charge on any atom is -0.455 e. The number of nitrogens with one attached hydrogen (secondary N) is 2. The second-order valence-electron chi connectivity index (χ2n) is 7.21. The van der Waals surface area contributed by atoms with Crippen molar-refractivity contribution in [1.29, 1.82) is 0 Å². The predicted octanol–water partition coefficient (Wildman–Crippen LogP) is 4.39. The molecule has 3 amide bonds. The molecule has 0 unspecified atom stereocenters. The molecule has 1 saturated heterocycles. The van der Waals surface area contributed by atoms with Crippen LogP contribution in [0.4, 0.5) is 5.69 Å². The fourth-order valence-electron chi connectivity index (χ4n) is 3.02. The number of anilines is 1. The van der Waals surface area contributed by atoms with Crippen molar-refractivity contribution in [2.75, 3.05) is 18.5 Å². The van der Waals surface area contributed by atoms with E-state index in [9.17, 15) is 19.2 Å². The van der Waals surface area contributed by atoms with Gasteiger partial charge >= 0.3 is 5.97 Å². The van der Waals surface area contributed by atoms with E-state index in [-0.39, 0.29) is 28.6 Å². The molecule has 2 aromatic rings. The van der Waals surface area contributed by atoms with Crippen LogP contribution < -0.4 is 10.7 Å². The van der Waals surface area contributed by atoms with E-state index in [0.29, 0.717) is 15.2 Å². The first-order valence-electron chi connectivity index (χ1n) is 9.53. The van der Waals surface area contributed by atoms with Crippen LogP contribution in [0, 0.1) is 12.8 Å². The number of rotatable bonds is 6. The summed E-state index contributed by atoms with van der Waals surface area (Å²) in [5, 5.41) is 4.55. The maximum atomic E-state index is 12.4. The van der Waals surface area contributed by atoms with Crippen LogP contribution in [-0.2, 0) is 19.1 Å². The third-order valence-corrected chi connectivity index (χ3v) is 6.70. The van der Waals surface area contributed by atoms with Gasteiger partial charge in [0.25, 0.3) is 11.8 Å². The van der Waals surface area contributed by atoms with Crippen molar-refractivity contribution in [3.8, 4) is 0 Å². The smallest absolute Gasteiger partial charge is 0.311 e. The van der Waals surface area contributed by atoms with Crippen LogP contribution in [0.15, 0.2) is 34.8 Å². The lowest BCUT2D eigenvalue weighted by atomic mass is 10.1. The monoisotopic (exact) mass is 575 g/mol. The first-order chi connectivity index (χ1) is 15.5. The third-order valence-electron chi connectivity index (χ3n) is 4.76. The molecule has 174 valence electrons. The van der Waals surface area contributed by atoms with E-state index in [1.807, 2.05) is 0 Å². The Morgan fingerprint density at radius 3 is 2.55 bits per heavy atom. The molecule has 0 spiro atoms. The molecule has 0 radical (unpaired) electrons. The van der Waals surface area contributed by atoms with Gasteiger partial charge in [0, 0.05) is 22.1 Å². The molecule has 0 saturated carbocycles. The number of hydrogen-bond acceptors (Lipinski definition) is 5. The van der Waals surface area contributed by atoms with Crippen LogP contribution in [0.2, 0.25) is 15.1 Å². The molecule has 2 aromatic carbocycles. The number of nitrogens with zero attached hydrogens (tertiary/aromatic N) is 1. The molecule has 12 heteroatoms. The molecular formula is C21H17BrCl3N3O5. The molecule has 1 atom stereocenters. The maximum Gasteiger partial charge on any atom is 0.311 e. The van der Waals surface area contributed by atoms with Crippen LogP contribution in [0.5, 0.6) is 0 Å². The van der Waals surface area contributed by atoms with E-state index in [1.165, 1.54) is 18.2 Å². The summed E-state index contributed by atoms with van der Waals surface area (Å²) in [5.41, 5.74) is 3.87. The summed E-state index contributed by atoms with van der Waals surface area (Å²) >= 11 is 21.1. The second kappa shape index (κ2) is 10.7. The third kappa shape index (κ3) is 6.38. The molecule has 1 aliphatic rings. The van der Waals surface area contributed by atoms with Gasteiger partial charge in [0.1, 0.15) is 0 Å². The zero-order valence-corrected chi connectivity index (χ0v) is 20.9. The summed E-state index contributed by atoms with van der Waals surface area (Å²) in [6.07, 6.45) is -0.163. The van der Waals surface area contributed by atoms with E-state index in [0.717, 1.165) is 10.6 Å². The fraction of sp³-hybridized carbons (Fsp3) is 0.238. The van der Waals surface area contributed by atoms with Gasteiger partial charge in [-0.2, -0.15) is 0 Å². The summed E-state index contributed by atoms with van der Waals surface area (Å²) in [6.45, 7) is 1.16. The van der Waals surface area contributed by atoms with Gasteiger partial charge in [-0.05, 0) is 58.7 Å². The number of carbonyl (C=O) groups excluding carboxylic acids is 4. The number of hydrogen-bond donors (Lipinski definition) is 2. The highest BCUT2D eigenvalue weighted by molar-refractivity contribution is 9.10. The lowest BCUT2D eigenvalue weighted by Gasteiger charge is -2.17. The quantitative estimate of drug-likeness (QED) is 0.496. The highest BCUT2D eigenvalue weighted by atomic mass is 79.9. The number of amides is 3. The molecule has 33 heavy (non-hydrogen) atoms. The number of ether oxygens (including phenoxy) is 1. The van der Waals surface area contributed by atoms with Gasteiger partial charge in [-0.25, -0.2) is 0 Å². The van der Waals surface area contributed by atoms with Gasteiger partial charge in [-0.15, -0.1) is 0 Å². The zero-order valence-electron chi connectivity index (χ0n) is 17.1. The Balaban J connectivity index is 1.51. The van der Waals surface area contributed by atoms with Crippen LogP contribution in [0.1, 0.15) is 22.3 Å². The Bertz CT molecular complexity index is 1140. The summed E-state index contributed by atoms with van der Waals surface area (Å²) < 4.78 is 5.74. The van der Waals surface area contributed by atoms with Crippen molar-refractivity contribution in [2.24, 2.45) is 5.92 Å². The number of esters is 1. The normalized spacial score (nSPS) is 15.4. The number of halogens is 4. The molecule has 0 aliphatic carbocycles. The Kier molecular flexibility index (Phi) is 8.23. The summed E-state index contributed by atoms with van der Waals surface area (Å²) in [5.74, 6) is -3.16. The molecule has 1 heterocycles. The molecule has 0 aromatic heterocycles. The van der Waals surface area contributed by atoms with Crippen molar-refractivity contribution in [3.05, 3.63) is 61.0 Å². The first kappa shape index (κ1) is 25.3. The fourth-order valence-corrected chi connectivity index (χ4v) is 3.94. The summed E-state index contributed by atoms with van der Waals surface area (Å²) in [6, 6.07) is 7.60. The van der Waals surface area contributed by atoms with Crippen molar-refractivity contribution in [2.45, 2.75) is 13.3 Å². The molecule has 1 aliphatic heterocycles. The van der Waals surface area contributed by atoms with Gasteiger partial charge in [0.05, 0.1) is 27.5 Å². The van der Waals surface area contributed by atoms with E-state index >= 15 is 0 Å². The zero-order chi connectivity index (χ0) is 24.3. The average molecular weight is 578 g/mol. The predicted molar refractivity (Wildman–Crippen MR) is 127 cm³/mol. The molecule has 8 nitrogen and oxygen atoms in total. The van der Waals surface area contributed by atoms with Gasteiger partial charge in [0.2, 0.25) is 5.91 Å². The van der Waals surface area contributed by atoms with Crippen LogP contribution in [0.3, 0.4) is 0 Å². The van der Waals surface area contributed by atoms with Crippen LogP contribution in [-0.4, -0.2) is 41.9 Å². The minimum atomic E-state index is -0.830. The first-order valence-corrected chi connectivity index (χ1v) is 11.5. The Morgan fingerprint density at radius 1 is 1.12 bits per heavy atom. The Hall–Kier alpha value is -2.33. The number of aryl methyl sites for hydroxylation is 1. The molecule has 2 N–H and O–H groups in total. The lowest BCUT2D eigenvalue weighted by molar-refractivity contribution is -0.151. The van der Waals surface area contributed by atoms with Crippen LogP contribution >= 0.6 is 50.7 Å². The molecule has 0 bridgehead atoms. The summed E-state index contributed by atoms with van der Waals surface area (Å²) in [4.78, 5) is 49.1. The van der Waals surface area contributed by atoms with E-state index in [2.05, 4.69) is 26.7 Å². The largest absolute Gasteiger partial charge is 0.455 e. The Labute approximate surface area is 212 Å². The van der Waals surface area contributed by atoms with E-state index in [1.54, 1.807) is 19.1 Å². The molecule has 3 rings (SSSR count). The number of carbonyl (C=O) groups is 4. The number of hydrazine groups is 1. The second-order valence-corrected chi connectivity index (χ2v) is 9.29. The van der Waals surface area contributed by atoms with Crippen molar-refractivity contribution < 1.29 is 23.9 Å². The molecule has 1 fully saturated rings. The van der Waals surface area contributed by atoms with Crippen molar-refractivity contribution >= 4 is 80.1 Å². The molecular weight excluding hydrogens is 561 g/mol. The topological polar surface area (TPSA) is 105 Å². The van der Waals surface area contributed by atoms with Gasteiger partial charge < -0.3 is 10.1 Å². The van der Waals surface area contributed by atoms with E-state index < -0.39 is 36.2 Å². The van der Waals surface area contributed by atoms with Gasteiger partial charge in [0.15, 0.2) is 6.61 Å².